The van der Waals surface area contributed by atoms with Gasteiger partial charge in [-0.25, -0.2) is 0 Å². The van der Waals surface area contributed by atoms with E-state index in [1.165, 1.54) is 38.6 Å². The van der Waals surface area contributed by atoms with Crippen LogP contribution >= 0.6 is 0 Å². The Kier molecular flexibility index (Phi) is 4.08. The Balaban J connectivity index is 1.74. The van der Waals surface area contributed by atoms with E-state index in [0.29, 0.717) is 10.8 Å². The van der Waals surface area contributed by atoms with Crippen LogP contribution in [0.3, 0.4) is 0 Å². The highest BCUT2D eigenvalue weighted by molar-refractivity contribution is 4.92. The molecule has 0 radical (unpaired) electrons. The second-order valence-corrected chi connectivity index (χ2v) is 8.28. The van der Waals surface area contributed by atoms with Crippen LogP contribution in [-0.2, 0) is 0 Å². The van der Waals surface area contributed by atoms with Crippen molar-refractivity contribution in [1.82, 2.24) is 10.2 Å². The first-order valence-electron chi connectivity index (χ1n) is 7.71. The molecule has 2 rings (SSSR count). The lowest BCUT2D eigenvalue weighted by Gasteiger charge is -2.45. The van der Waals surface area contributed by atoms with E-state index in [9.17, 15) is 0 Å². The van der Waals surface area contributed by atoms with Gasteiger partial charge in [-0.1, -0.05) is 27.7 Å². The summed E-state index contributed by atoms with van der Waals surface area (Å²) in [5.74, 6) is 0. The molecule has 106 valence electrons. The monoisotopic (exact) mass is 252 g/mol. The van der Waals surface area contributed by atoms with E-state index in [4.69, 9.17) is 0 Å². The van der Waals surface area contributed by atoms with Crippen molar-refractivity contribution in [2.24, 2.45) is 10.8 Å². The summed E-state index contributed by atoms with van der Waals surface area (Å²) in [5.41, 5.74) is 1.00. The first kappa shape index (κ1) is 14.3. The lowest BCUT2D eigenvalue weighted by Crippen LogP contribution is -2.45. The van der Waals surface area contributed by atoms with Gasteiger partial charge in [0, 0.05) is 25.2 Å². The van der Waals surface area contributed by atoms with Crippen molar-refractivity contribution in [1.29, 1.82) is 0 Å². The Morgan fingerprint density at radius 2 is 1.61 bits per heavy atom. The maximum absolute atomic E-state index is 3.80. The molecule has 18 heavy (non-hydrogen) atoms. The smallest absolute Gasteiger partial charge is 0.0107 e. The highest BCUT2D eigenvalue weighted by Crippen LogP contribution is 2.45. The van der Waals surface area contributed by atoms with Gasteiger partial charge in [-0.2, -0.15) is 0 Å². The highest BCUT2D eigenvalue weighted by atomic mass is 15.2. The van der Waals surface area contributed by atoms with Crippen molar-refractivity contribution in [3.8, 4) is 0 Å². The Labute approximate surface area is 114 Å². The predicted octanol–water partition coefficient (Wildman–Crippen LogP) is 3.28. The fraction of sp³-hybridized carbons (Fsp3) is 1.00. The van der Waals surface area contributed by atoms with Gasteiger partial charge in [0.05, 0.1) is 0 Å². The normalized spacial score (nSPS) is 27.7. The molecule has 0 heterocycles. The summed E-state index contributed by atoms with van der Waals surface area (Å²) < 4.78 is 0. The Hall–Kier alpha value is -0.0800. The van der Waals surface area contributed by atoms with Crippen LogP contribution in [0.5, 0.6) is 0 Å². The van der Waals surface area contributed by atoms with Gasteiger partial charge in [0.25, 0.3) is 0 Å². The minimum atomic E-state index is 0.502. The van der Waals surface area contributed by atoms with E-state index < -0.39 is 0 Å². The average molecular weight is 252 g/mol. The molecule has 2 saturated carbocycles. The van der Waals surface area contributed by atoms with Crippen LogP contribution < -0.4 is 5.32 Å². The molecule has 0 atom stereocenters. The van der Waals surface area contributed by atoms with Crippen molar-refractivity contribution < 1.29 is 0 Å². The van der Waals surface area contributed by atoms with E-state index in [2.05, 4.69) is 45.0 Å². The summed E-state index contributed by atoms with van der Waals surface area (Å²) in [6, 6.07) is 1.61. The second-order valence-electron chi connectivity index (χ2n) is 8.28. The van der Waals surface area contributed by atoms with Crippen molar-refractivity contribution in [2.75, 3.05) is 20.1 Å². The van der Waals surface area contributed by atoms with E-state index in [1.54, 1.807) is 0 Å². The fourth-order valence-electron chi connectivity index (χ4n) is 4.13. The Morgan fingerprint density at radius 1 is 1.06 bits per heavy atom. The molecule has 0 aromatic heterocycles. The topological polar surface area (TPSA) is 15.3 Å². The van der Waals surface area contributed by atoms with Gasteiger partial charge < -0.3 is 10.2 Å². The summed E-state index contributed by atoms with van der Waals surface area (Å²) in [7, 11) is 2.27. The van der Waals surface area contributed by atoms with Crippen LogP contribution in [0.1, 0.15) is 59.8 Å². The van der Waals surface area contributed by atoms with E-state index >= 15 is 0 Å². The number of likely N-dealkylation sites (N-methyl/N-ethyl adjacent to an activating group) is 1. The molecule has 0 spiro atoms. The van der Waals surface area contributed by atoms with Crippen molar-refractivity contribution >= 4 is 0 Å². The Bertz CT molecular complexity index is 263. The first-order valence-corrected chi connectivity index (χ1v) is 7.71. The molecule has 0 unspecified atom stereocenters. The van der Waals surface area contributed by atoms with Gasteiger partial charge >= 0.3 is 0 Å². The molecule has 2 aliphatic carbocycles. The summed E-state index contributed by atoms with van der Waals surface area (Å²) in [5, 5.41) is 3.80. The molecule has 1 N–H and O–H groups in total. The zero-order chi connectivity index (χ0) is 13.4. The summed E-state index contributed by atoms with van der Waals surface area (Å²) in [6.45, 7) is 12.1. The molecule has 2 aliphatic rings. The number of nitrogens with zero attached hydrogens (tertiary/aromatic N) is 1. The third kappa shape index (κ3) is 4.24. The van der Waals surface area contributed by atoms with Gasteiger partial charge in [0.1, 0.15) is 0 Å². The van der Waals surface area contributed by atoms with Crippen LogP contribution in [0, 0.1) is 10.8 Å². The second kappa shape index (κ2) is 5.13. The largest absolute Gasteiger partial charge is 0.313 e. The molecule has 2 heteroatoms. The SMILES string of the molecule is CN(CCNC1CC(C)(C)CC(C)(C)C1)C1CC1. The van der Waals surface area contributed by atoms with E-state index in [1.807, 2.05) is 0 Å². The number of rotatable bonds is 5. The average Bonchev–Trinajstić information content (AvgIpc) is 2.94. The molecule has 0 aromatic rings. The fourth-order valence-corrected chi connectivity index (χ4v) is 4.13. The van der Waals surface area contributed by atoms with Gasteiger partial charge in [-0.05, 0) is 50.0 Å². The van der Waals surface area contributed by atoms with Crippen molar-refractivity contribution in [3.63, 3.8) is 0 Å². The molecule has 0 bridgehead atoms. The zero-order valence-corrected chi connectivity index (χ0v) is 13.1. The minimum Gasteiger partial charge on any atom is -0.313 e. The lowest BCUT2D eigenvalue weighted by atomic mass is 9.63. The van der Waals surface area contributed by atoms with Gasteiger partial charge in [-0.15, -0.1) is 0 Å². The third-order valence-corrected chi connectivity index (χ3v) is 4.62. The number of nitrogens with one attached hydrogen (secondary N) is 1. The van der Waals surface area contributed by atoms with E-state index in [0.717, 1.165) is 18.6 Å². The summed E-state index contributed by atoms with van der Waals surface area (Å²) >= 11 is 0. The third-order valence-electron chi connectivity index (χ3n) is 4.62. The molecule has 0 aliphatic heterocycles. The predicted molar refractivity (Wildman–Crippen MR) is 78.9 cm³/mol. The maximum Gasteiger partial charge on any atom is 0.0107 e. The van der Waals surface area contributed by atoms with Crippen LogP contribution in [0.25, 0.3) is 0 Å². The van der Waals surface area contributed by atoms with Crippen LogP contribution in [0.2, 0.25) is 0 Å². The van der Waals surface area contributed by atoms with Crippen LogP contribution in [0.4, 0.5) is 0 Å². The molecule has 0 saturated heterocycles. The van der Waals surface area contributed by atoms with E-state index in [-0.39, 0.29) is 0 Å². The molecule has 2 fully saturated rings. The van der Waals surface area contributed by atoms with Gasteiger partial charge in [-0.3, -0.25) is 0 Å². The van der Waals surface area contributed by atoms with Crippen molar-refractivity contribution in [3.05, 3.63) is 0 Å². The molecule has 2 nitrogen and oxygen atoms in total. The summed E-state index contributed by atoms with van der Waals surface area (Å²) in [6.07, 6.45) is 6.87. The molecular formula is C16H32N2. The van der Waals surface area contributed by atoms with Crippen LogP contribution in [-0.4, -0.2) is 37.1 Å². The molecule has 0 aromatic carbocycles. The summed E-state index contributed by atoms with van der Waals surface area (Å²) in [4.78, 5) is 2.52. The van der Waals surface area contributed by atoms with Crippen LogP contribution in [0.15, 0.2) is 0 Å². The zero-order valence-electron chi connectivity index (χ0n) is 13.1. The first-order chi connectivity index (χ1) is 8.27. The number of hydrogen-bond donors (Lipinski definition) is 1. The maximum atomic E-state index is 3.80. The number of hydrogen-bond acceptors (Lipinski definition) is 2. The van der Waals surface area contributed by atoms with Gasteiger partial charge in [0.2, 0.25) is 0 Å². The minimum absolute atomic E-state index is 0.502. The van der Waals surface area contributed by atoms with Crippen molar-refractivity contribution in [2.45, 2.75) is 71.9 Å². The molecular weight excluding hydrogens is 220 g/mol. The standard InChI is InChI=1S/C16H32N2/c1-15(2)10-13(11-16(3,4)12-15)17-8-9-18(5)14-6-7-14/h13-14,17H,6-12H2,1-5H3. The van der Waals surface area contributed by atoms with Gasteiger partial charge in [0.15, 0.2) is 0 Å². The highest BCUT2D eigenvalue weighted by Gasteiger charge is 2.38. The molecule has 0 amide bonds. The Morgan fingerprint density at radius 3 is 2.11 bits per heavy atom. The lowest BCUT2D eigenvalue weighted by molar-refractivity contribution is 0.0841. The quantitative estimate of drug-likeness (QED) is 0.808.